The molecule has 3 heteroatoms. The highest BCUT2D eigenvalue weighted by molar-refractivity contribution is 5.26. The zero-order valence-corrected chi connectivity index (χ0v) is 10.4. The Morgan fingerprint density at radius 2 is 2.24 bits per heavy atom. The molecule has 1 atom stereocenters. The van der Waals surface area contributed by atoms with Crippen LogP contribution in [0.15, 0.2) is 36.7 Å². The van der Waals surface area contributed by atoms with E-state index >= 15 is 0 Å². The molecule has 1 unspecified atom stereocenters. The van der Waals surface area contributed by atoms with Crippen molar-refractivity contribution in [1.29, 1.82) is 0 Å². The summed E-state index contributed by atoms with van der Waals surface area (Å²) in [6.07, 6.45) is 4.80. The molecule has 0 aliphatic carbocycles. The summed E-state index contributed by atoms with van der Waals surface area (Å²) in [5, 5.41) is 4.26. The molecule has 2 N–H and O–H groups in total. The van der Waals surface area contributed by atoms with E-state index in [0.717, 1.165) is 13.0 Å². The van der Waals surface area contributed by atoms with E-state index in [9.17, 15) is 0 Å². The molecule has 0 aliphatic rings. The van der Waals surface area contributed by atoms with Gasteiger partial charge in [0.25, 0.3) is 0 Å². The topological polar surface area (TPSA) is 43.8 Å². The lowest BCUT2D eigenvalue weighted by Crippen LogP contribution is -2.13. The second-order valence-electron chi connectivity index (χ2n) is 4.43. The smallest absolute Gasteiger partial charge is 0.0522 e. The number of aromatic nitrogens is 2. The molecule has 2 aromatic rings. The van der Waals surface area contributed by atoms with Gasteiger partial charge in [-0.05, 0) is 31.4 Å². The molecule has 1 aromatic heterocycles. The van der Waals surface area contributed by atoms with Crippen molar-refractivity contribution in [3.8, 4) is 0 Å². The molecule has 90 valence electrons. The molecule has 2 rings (SSSR count). The van der Waals surface area contributed by atoms with Crippen molar-refractivity contribution in [2.45, 2.75) is 32.9 Å². The molecule has 0 amide bonds. The Morgan fingerprint density at radius 1 is 1.41 bits per heavy atom. The van der Waals surface area contributed by atoms with Crippen LogP contribution in [-0.2, 0) is 13.0 Å². The summed E-state index contributed by atoms with van der Waals surface area (Å²) in [6, 6.07) is 8.42. The molecular weight excluding hydrogens is 210 g/mol. The maximum Gasteiger partial charge on any atom is 0.0522 e. The fraction of sp³-hybridized carbons (Fsp3) is 0.357. The fourth-order valence-corrected chi connectivity index (χ4v) is 1.96. The van der Waals surface area contributed by atoms with Gasteiger partial charge in [-0.2, -0.15) is 5.10 Å². The van der Waals surface area contributed by atoms with Crippen molar-refractivity contribution in [3.05, 3.63) is 53.3 Å². The third-order valence-electron chi connectivity index (χ3n) is 2.94. The van der Waals surface area contributed by atoms with Gasteiger partial charge in [0.05, 0.1) is 6.20 Å². The number of hydrogen-bond acceptors (Lipinski definition) is 2. The predicted molar refractivity (Wildman–Crippen MR) is 69.7 cm³/mol. The maximum atomic E-state index is 6.21. The Morgan fingerprint density at radius 3 is 2.88 bits per heavy atom. The first kappa shape index (κ1) is 11.9. The van der Waals surface area contributed by atoms with Crippen LogP contribution in [0.3, 0.4) is 0 Å². The molecule has 0 spiro atoms. The first-order valence-corrected chi connectivity index (χ1v) is 6.02. The van der Waals surface area contributed by atoms with E-state index in [1.54, 1.807) is 0 Å². The predicted octanol–water partition coefficient (Wildman–Crippen LogP) is 2.45. The van der Waals surface area contributed by atoms with E-state index in [4.69, 9.17) is 5.73 Å². The Kier molecular flexibility index (Phi) is 3.59. The van der Waals surface area contributed by atoms with E-state index in [1.807, 2.05) is 10.9 Å². The van der Waals surface area contributed by atoms with Crippen LogP contribution in [0, 0.1) is 6.92 Å². The van der Waals surface area contributed by atoms with Gasteiger partial charge in [0.15, 0.2) is 0 Å². The van der Waals surface area contributed by atoms with E-state index in [-0.39, 0.29) is 6.04 Å². The van der Waals surface area contributed by atoms with E-state index in [2.05, 4.69) is 49.4 Å². The number of aryl methyl sites for hydroxylation is 2. The number of nitrogens with two attached hydrogens (primary N) is 1. The zero-order chi connectivity index (χ0) is 12.3. The lowest BCUT2D eigenvalue weighted by atomic mass is 10.0. The summed E-state index contributed by atoms with van der Waals surface area (Å²) < 4.78 is 1.93. The molecule has 1 aromatic carbocycles. The minimum atomic E-state index is 0.0457. The Hall–Kier alpha value is -1.61. The molecule has 0 aliphatic heterocycles. The average Bonchev–Trinajstić information content (AvgIpc) is 2.77. The number of benzene rings is 1. The summed E-state index contributed by atoms with van der Waals surface area (Å²) in [5.41, 5.74) is 9.85. The van der Waals surface area contributed by atoms with Crippen LogP contribution in [0.4, 0.5) is 0 Å². The van der Waals surface area contributed by atoms with Crippen LogP contribution in [-0.4, -0.2) is 9.78 Å². The van der Waals surface area contributed by atoms with Gasteiger partial charge in [-0.1, -0.05) is 29.8 Å². The maximum absolute atomic E-state index is 6.21. The number of nitrogens with zero attached hydrogens (tertiary/aromatic N) is 2. The van der Waals surface area contributed by atoms with E-state index in [0.29, 0.717) is 0 Å². The number of hydrogen-bond donors (Lipinski definition) is 1. The molecule has 17 heavy (non-hydrogen) atoms. The molecule has 0 bridgehead atoms. The standard InChI is InChI=1S/C14H19N3/c1-3-17-10-12(9-16-17)8-14(15)13-6-4-5-11(2)7-13/h4-7,9-10,14H,3,8,15H2,1-2H3. The second kappa shape index (κ2) is 5.15. The Balaban J connectivity index is 2.08. The van der Waals surface area contributed by atoms with Gasteiger partial charge in [-0.3, -0.25) is 4.68 Å². The lowest BCUT2D eigenvalue weighted by molar-refractivity contribution is 0.657. The molecular formula is C14H19N3. The van der Waals surface area contributed by atoms with E-state index < -0.39 is 0 Å². The van der Waals surface area contributed by atoms with Gasteiger partial charge in [-0.15, -0.1) is 0 Å². The van der Waals surface area contributed by atoms with Crippen LogP contribution in [0.25, 0.3) is 0 Å². The van der Waals surface area contributed by atoms with Gasteiger partial charge >= 0.3 is 0 Å². The van der Waals surface area contributed by atoms with Crippen molar-refractivity contribution >= 4 is 0 Å². The largest absolute Gasteiger partial charge is 0.324 e. The summed E-state index contributed by atoms with van der Waals surface area (Å²) in [7, 11) is 0. The van der Waals surface area contributed by atoms with Gasteiger partial charge in [-0.25, -0.2) is 0 Å². The van der Waals surface area contributed by atoms with Crippen LogP contribution in [0.5, 0.6) is 0 Å². The highest BCUT2D eigenvalue weighted by Gasteiger charge is 2.08. The highest BCUT2D eigenvalue weighted by atomic mass is 15.3. The first-order valence-electron chi connectivity index (χ1n) is 6.02. The third kappa shape index (κ3) is 2.94. The number of rotatable bonds is 4. The molecule has 0 radical (unpaired) electrons. The van der Waals surface area contributed by atoms with Crippen molar-refractivity contribution in [2.75, 3.05) is 0 Å². The molecule has 0 saturated heterocycles. The molecule has 3 nitrogen and oxygen atoms in total. The Labute approximate surface area is 102 Å². The Bertz CT molecular complexity index is 488. The first-order chi connectivity index (χ1) is 8.19. The highest BCUT2D eigenvalue weighted by Crippen LogP contribution is 2.16. The van der Waals surface area contributed by atoms with Gasteiger partial charge in [0.2, 0.25) is 0 Å². The zero-order valence-electron chi connectivity index (χ0n) is 10.4. The van der Waals surface area contributed by atoms with Gasteiger partial charge < -0.3 is 5.73 Å². The van der Waals surface area contributed by atoms with Crippen molar-refractivity contribution in [2.24, 2.45) is 5.73 Å². The van der Waals surface area contributed by atoms with Crippen LogP contribution >= 0.6 is 0 Å². The normalized spacial score (nSPS) is 12.6. The molecule has 0 fully saturated rings. The fourth-order valence-electron chi connectivity index (χ4n) is 1.96. The quantitative estimate of drug-likeness (QED) is 0.875. The summed E-state index contributed by atoms with van der Waals surface area (Å²) in [5.74, 6) is 0. The molecule has 0 saturated carbocycles. The van der Waals surface area contributed by atoms with Crippen molar-refractivity contribution < 1.29 is 0 Å². The van der Waals surface area contributed by atoms with Crippen LogP contribution in [0.1, 0.15) is 29.7 Å². The van der Waals surface area contributed by atoms with Gasteiger partial charge in [0, 0.05) is 18.8 Å². The van der Waals surface area contributed by atoms with Gasteiger partial charge in [0.1, 0.15) is 0 Å². The van der Waals surface area contributed by atoms with Crippen LogP contribution in [0.2, 0.25) is 0 Å². The summed E-state index contributed by atoms with van der Waals surface area (Å²) in [6.45, 7) is 5.07. The third-order valence-corrected chi connectivity index (χ3v) is 2.94. The average molecular weight is 229 g/mol. The second-order valence-corrected chi connectivity index (χ2v) is 4.43. The minimum absolute atomic E-state index is 0.0457. The molecule has 1 heterocycles. The SMILES string of the molecule is CCn1cc(CC(N)c2cccc(C)c2)cn1. The van der Waals surface area contributed by atoms with Crippen molar-refractivity contribution in [3.63, 3.8) is 0 Å². The lowest BCUT2D eigenvalue weighted by Gasteiger charge is -2.11. The minimum Gasteiger partial charge on any atom is -0.324 e. The summed E-state index contributed by atoms with van der Waals surface area (Å²) >= 11 is 0. The monoisotopic (exact) mass is 229 g/mol. The van der Waals surface area contributed by atoms with Crippen molar-refractivity contribution in [1.82, 2.24) is 9.78 Å². The summed E-state index contributed by atoms with van der Waals surface area (Å²) in [4.78, 5) is 0. The van der Waals surface area contributed by atoms with Crippen LogP contribution < -0.4 is 5.73 Å². The van der Waals surface area contributed by atoms with E-state index in [1.165, 1.54) is 16.7 Å².